The maximum atomic E-state index is 6.00. The fraction of sp³-hybridized carbons (Fsp3) is 0.231. The second-order valence-corrected chi connectivity index (χ2v) is 4.64. The fourth-order valence-corrected chi connectivity index (χ4v) is 1.81. The Morgan fingerprint density at radius 1 is 1.11 bits per heavy atom. The molecule has 0 radical (unpaired) electrons. The highest BCUT2D eigenvalue weighted by atomic mass is 35.5. The third kappa shape index (κ3) is 2.99. The SMILES string of the molecule is CO[C@H](C)c1nc(Cl)cc(-c2ccc(Cl)cc2)n1. The van der Waals surface area contributed by atoms with Gasteiger partial charge in [0.2, 0.25) is 0 Å². The molecule has 5 heteroatoms. The van der Waals surface area contributed by atoms with Crippen LogP contribution in [0.25, 0.3) is 11.3 Å². The van der Waals surface area contributed by atoms with Crippen LogP contribution in [0, 0.1) is 0 Å². The summed E-state index contributed by atoms with van der Waals surface area (Å²) < 4.78 is 5.20. The summed E-state index contributed by atoms with van der Waals surface area (Å²) in [5.41, 5.74) is 1.69. The predicted octanol–water partition coefficient (Wildman–Crippen LogP) is 4.16. The third-order valence-corrected chi connectivity index (χ3v) is 3.01. The predicted molar refractivity (Wildman–Crippen MR) is 72.9 cm³/mol. The number of hydrogen-bond acceptors (Lipinski definition) is 3. The van der Waals surface area contributed by atoms with Crippen LogP contribution in [0.3, 0.4) is 0 Å². The maximum absolute atomic E-state index is 6.00. The molecule has 0 bridgehead atoms. The standard InChI is InChI=1S/C13H12Cl2N2O/c1-8(18-2)13-16-11(7-12(15)17-13)9-3-5-10(14)6-4-9/h3-8H,1-2H3/t8-/m1/s1. The number of aromatic nitrogens is 2. The largest absolute Gasteiger partial charge is 0.374 e. The van der Waals surface area contributed by atoms with Gasteiger partial charge in [-0.25, -0.2) is 9.97 Å². The Balaban J connectivity index is 2.44. The monoisotopic (exact) mass is 282 g/mol. The molecule has 0 aliphatic rings. The molecule has 0 aliphatic heterocycles. The molecule has 0 fully saturated rings. The van der Waals surface area contributed by atoms with Crippen molar-refractivity contribution in [2.75, 3.05) is 7.11 Å². The molecule has 2 aromatic rings. The Kier molecular flexibility index (Phi) is 4.17. The minimum atomic E-state index is -0.199. The molecule has 0 saturated carbocycles. The van der Waals surface area contributed by atoms with Crippen LogP contribution in [0.15, 0.2) is 30.3 Å². The van der Waals surface area contributed by atoms with E-state index in [9.17, 15) is 0 Å². The summed E-state index contributed by atoms with van der Waals surface area (Å²) in [4.78, 5) is 8.59. The zero-order valence-electron chi connectivity index (χ0n) is 10.0. The highest BCUT2D eigenvalue weighted by Crippen LogP contribution is 2.24. The van der Waals surface area contributed by atoms with Gasteiger partial charge in [0.25, 0.3) is 0 Å². The first kappa shape index (κ1) is 13.3. The van der Waals surface area contributed by atoms with Crippen LogP contribution in [0.5, 0.6) is 0 Å². The first-order chi connectivity index (χ1) is 8.60. The average molecular weight is 283 g/mol. The van der Waals surface area contributed by atoms with Crippen molar-refractivity contribution < 1.29 is 4.74 Å². The third-order valence-electron chi connectivity index (χ3n) is 2.57. The lowest BCUT2D eigenvalue weighted by molar-refractivity contribution is 0.112. The van der Waals surface area contributed by atoms with Gasteiger partial charge in [-0.3, -0.25) is 0 Å². The molecule has 1 aromatic heterocycles. The lowest BCUT2D eigenvalue weighted by Crippen LogP contribution is -2.04. The zero-order chi connectivity index (χ0) is 13.1. The molecule has 3 nitrogen and oxygen atoms in total. The second-order valence-electron chi connectivity index (χ2n) is 3.82. The van der Waals surface area contributed by atoms with Gasteiger partial charge >= 0.3 is 0 Å². The van der Waals surface area contributed by atoms with Crippen LogP contribution in [0.4, 0.5) is 0 Å². The Labute approximate surface area is 116 Å². The summed E-state index contributed by atoms with van der Waals surface area (Å²) in [5, 5.41) is 1.08. The Bertz CT molecular complexity index is 543. The van der Waals surface area contributed by atoms with Crippen molar-refractivity contribution in [3.05, 3.63) is 46.3 Å². The number of hydrogen-bond donors (Lipinski definition) is 0. The van der Waals surface area contributed by atoms with Gasteiger partial charge in [-0.05, 0) is 19.1 Å². The highest BCUT2D eigenvalue weighted by Gasteiger charge is 2.11. The molecule has 0 unspecified atom stereocenters. The smallest absolute Gasteiger partial charge is 0.159 e. The first-order valence-corrected chi connectivity index (χ1v) is 6.19. The molecular weight excluding hydrogens is 271 g/mol. The van der Waals surface area contributed by atoms with Crippen molar-refractivity contribution in [2.24, 2.45) is 0 Å². The van der Waals surface area contributed by atoms with E-state index in [1.807, 2.05) is 31.2 Å². The molecular formula is C13H12Cl2N2O. The number of methoxy groups -OCH3 is 1. The van der Waals surface area contributed by atoms with Crippen molar-refractivity contribution >= 4 is 23.2 Å². The maximum Gasteiger partial charge on any atom is 0.159 e. The lowest BCUT2D eigenvalue weighted by atomic mass is 10.1. The summed E-state index contributed by atoms with van der Waals surface area (Å²) in [5.74, 6) is 0.565. The first-order valence-electron chi connectivity index (χ1n) is 5.43. The van der Waals surface area contributed by atoms with Crippen LogP contribution in [0.1, 0.15) is 18.9 Å². The van der Waals surface area contributed by atoms with Gasteiger partial charge in [-0.15, -0.1) is 0 Å². The van der Waals surface area contributed by atoms with Crippen molar-refractivity contribution in [3.8, 4) is 11.3 Å². The van der Waals surface area contributed by atoms with Crippen LogP contribution in [0.2, 0.25) is 10.2 Å². The second kappa shape index (κ2) is 5.65. The molecule has 0 spiro atoms. The van der Waals surface area contributed by atoms with E-state index in [1.54, 1.807) is 13.2 Å². The Morgan fingerprint density at radius 2 is 1.78 bits per heavy atom. The minimum Gasteiger partial charge on any atom is -0.374 e. The van der Waals surface area contributed by atoms with Gasteiger partial charge in [-0.1, -0.05) is 35.3 Å². The molecule has 18 heavy (non-hydrogen) atoms. The van der Waals surface area contributed by atoms with Crippen molar-refractivity contribution in [3.63, 3.8) is 0 Å². The normalized spacial score (nSPS) is 12.4. The molecule has 1 heterocycles. The van der Waals surface area contributed by atoms with Crippen molar-refractivity contribution in [1.29, 1.82) is 0 Å². The quantitative estimate of drug-likeness (QED) is 0.793. The molecule has 2 rings (SSSR count). The number of rotatable bonds is 3. The zero-order valence-corrected chi connectivity index (χ0v) is 11.5. The van der Waals surface area contributed by atoms with Gasteiger partial charge in [0.1, 0.15) is 11.3 Å². The van der Waals surface area contributed by atoms with Gasteiger partial charge in [0, 0.05) is 23.8 Å². The fourth-order valence-electron chi connectivity index (χ4n) is 1.49. The number of nitrogens with zero attached hydrogens (tertiary/aromatic N) is 2. The summed E-state index contributed by atoms with van der Waals surface area (Å²) >= 11 is 11.9. The van der Waals surface area contributed by atoms with Crippen LogP contribution in [-0.4, -0.2) is 17.1 Å². The van der Waals surface area contributed by atoms with E-state index < -0.39 is 0 Å². The van der Waals surface area contributed by atoms with Gasteiger partial charge in [-0.2, -0.15) is 0 Å². The van der Waals surface area contributed by atoms with Crippen LogP contribution in [-0.2, 0) is 4.74 Å². The number of benzene rings is 1. The molecule has 94 valence electrons. The molecule has 1 atom stereocenters. The van der Waals surface area contributed by atoms with E-state index in [4.69, 9.17) is 27.9 Å². The van der Waals surface area contributed by atoms with Crippen LogP contribution >= 0.6 is 23.2 Å². The number of ether oxygens (including phenoxy) is 1. The molecule has 0 aliphatic carbocycles. The van der Waals surface area contributed by atoms with Crippen molar-refractivity contribution in [1.82, 2.24) is 9.97 Å². The summed E-state index contributed by atoms with van der Waals surface area (Å²) in [7, 11) is 1.61. The van der Waals surface area contributed by atoms with Gasteiger partial charge in [0.15, 0.2) is 5.82 Å². The van der Waals surface area contributed by atoms with E-state index in [0.717, 1.165) is 11.3 Å². The summed E-state index contributed by atoms with van der Waals surface area (Å²) in [6.45, 7) is 1.87. The Morgan fingerprint density at radius 3 is 2.39 bits per heavy atom. The molecule has 0 saturated heterocycles. The molecule has 0 N–H and O–H groups in total. The summed E-state index contributed by atoms with van der Waals surface area (Å²) in [6, 6.07) is 9.12. The minimum absolute atomic E-state index is 0.199. The Hall–Kier alpha value is -1.16. The van der Waals surface area contributed by atoms with Crippen molar-refractivity contribution in [2.45, 2.75) is 13.0 Å². The average Bonchev–Trinajstić information content (AvgIpc) is 2.38. The van der Waals surface area contributed by atoms with E-state index in [-0.39, 0.29) is 6.10 Å². The van der Waals surface area contributed by atoms with E-state index >= 15 is 0 Å². The van der Waals surface area contributed by atoms with E-state index in [0.29, 0.717) is 16.0 Å². The van der Waals surface area contributed by atoms with E-state index in [2.05, 4.69) is 9.97 Å². The van der Waals surface area contributed by atoms with Gasteiger partial charge < -0.3 is 4.74 Å². The lowest BCUT2D eigenvalue weighted by Gasteiger charge is -2.10. The van der Waals surface area contributed by atoms with Crippen LogP contribution < -0.4 is 0 Å². The van der Waals surface area contributed by atoms with Gasteiger partial charge in [0.05, 0.1) is 5.69 Å². The molecule has 1 aromatic carbocycles. The van der Waals surface area contributed by atoms with E-state index in [1.165, 1.54) is 0 Å². The topological polar surface area (TPSA) is 35.0 Å². The highest BCUT2D eigenvalue weighted by molar-refractivity contribution is 6.30. The summed E-state index contributed by atoms with van der Waals surface area (Å²) in [6.07, 6.45) is -0.199. The molecule has 0 amide bonds. The number of halogens is 2.